The van der Waals surface area contributed by atoms with E-state index in [2.05, 4.69) is 4.74 Å². The van der Waals surface area contributed by atoms with Crippen molar-refractivity contribution in [1.29, 1.82) is 0 Å². The molecule has 92 valence electrons. The maximum Gasteiger partial charge on any atom is 0.344 e. The molecule has 0 aliphatic heterocycles. The van der Waals surface area contributed by atoms with Crippen molar-refractivity contribution in [3.8, 4) is 5.75 Å². The van der Waals surface area contributed by atoms with Crippen LogP contribution in [0, 0.1) is 10.1 Å². The van der Waals surface area contributed by atoms with E-state index in [0.29, 0.717) is 6.61 Å². The van der Waals surface area contributed by atoms with Crippen LogP contribution in [-0.2, 0) is 4.74 Å². The summed E-state index contributed by atoms with van der Waals surface area (Å²) < 4.78 is 9.56. The molecule has 0 spiro atoms. The summed E-state index contributed by atoms with van der Waals surface area (Å²) in [7, 11) is 1.14. The van der Waals surface area contributed by atoms with E-state index in [-0.39, 0.29) is 17.0 Å². The highest BCUT2D eigenvalue weighted by Crippen LogP contribution is 2.31. The highest BCUT2D eigenvalue weighted by Gasteiger charge is 2.23. The Morgan fingerprint density at radius 3 is 2.65 bits per heavy atom. The number of methoxy groups -OCH3 is 1. The molecule has 7 nitrogen and oxygen atoms in total. The van der Waals surface area contributed by atoms with Gasteiger partial charge in [-0.2, -0.15) is 0 Å². The molecule has 0 heterocycles. The highest BCUT2D eigenvalue weighted by molar-refractivity contribution is 5.95. The van der Waals surface area contributed by atoms with Gasteiger partial charge in [0.1, 0.15) is 11.3 Å². The van der Waals surface area contributed by atoms with Gasteiger partial charge >= 0.3 is 5.97 Å². The van der Waals surface area contributed by atoms with E-state index in [9.17, 15) is 14.9 Å². The minimum Gasteiger partial charge on any atom is -0.491 e. The lowest BCUT2D eigenvalue weighted by Gasteiger charge is -2.08. The second-order valence-electron chi connectivity index (χ2n) is 3.09. The number of rotatable bonds is 4. The van der Waals surface area contributed by atoms with Gasteiger partial charge in [-0.15, -0.1) is 0 Å². The molecule has 1 aromatic rings. The summed E-state index contributed by atoms with van der Waals surface area (Å²) in [5, 5.41) is 10.8. The van der Waals surface area contributed by atoms with Crippen LogP contribution >= 0.6 is 0 Å². The van der Waals surface area contributed by atoms with Gasteiger partial charge < -0.3 is 15.2 Å². The topological polar surface area (TPSA) is 105 Å². The first-order valence-electron chi connectivity index (χ1n) is 4.80. The number of nitrogen functional groups attached to an aromatic ring is 1. The predicted molar refractivity (Wildman–Crippen MR) is 60.0 cm³/mol. The van der Waals surface area contributed by atoms with E-state index in [1.165, 1.54) is 6.07 Å². The fraction of sp³-hybridized carbons (Fsp3) is 0.300. The molecule has 0 radical (unpaired) electrons. The van der Waals surface area contributed by atoms with E-state index in [1.54, 1.807) is 6.92 Å². The number of benzene rings is 1. The third-order valence-electron chi connectivity index (χ3n) is 2.03. The summed E-state index contributed by atoms with van der Waals surface area (Å²) in [6.07, 6.45) is 0. The monoisotopic (exact) mass is 240 g/mol. The van der Waals surface area contributed by atoms with Gasteiger partial charge in [-0.3, -0.25) is 10.1 Å². The van der Waals surface area contributed by atoms with Gasteiger partial charge in [-0.25, -0.2) is 4.79 Å². The predicted octanol–water partition coefficient (Wildman–Crippen LogP) is 1.36. The maximum absolute atomic E-state index is 11.3. The van der Waals surface area contributed by atoms with Gasteiger partial charge in [0.15, 0.2) is 0 Å². The van der Waals surface area contributed by atoms with Crippen LogP contribution in [0.4, 0.5) is 11.4 Å². The molecule has 7 heteroatoms. The largest absolute Gasteiger partial charge is 0.491 e. The summed E-state index contributed by atoms with van der Waals surface area (Å²) >= 11 is 0. The van der Waals surface area contributed by atoms with Crippen LogP contribution in [-0.4, -0.2) is 24.6 Å². The molecule has 0 aromatic heterocycles. The Morgan fingerprint density at radius 1 is 1.53 bits per heavy atom. The first-order chi connectivity index (χ1) is 8.01. The Morgan fingerprint density at radius 2 is 2.18 bits per heavy atom. The van der Waals surface area contributed by atoms with Gasteiger partial charge in [-0.05, 0) is 13.0 Å². The third kappa shape index (κ3) is 2.63. The van der Waals surface area contributed by atoms with Gasteiger partial charge in [0.05, 0.1) is 30.4 Å². The van der Waals surface area contributed by atoms with Crippen LogP contribution in [0.2, 0.25) is 0 Å². The zero-order chi connectivity index (χ0) is 13.0. The van der Waals surface area contributed by atoms with Crippen molar-refractivity contribution in [2.24, 2.45) is 0 Å². The van der Waals surface area contributed by atoms with Crippen molar-refractivity contribution in [2.45, 2.75) is 6.92 Å². The van der Waals surface area contributed by atoms with Gasteiger partial charge in [0.25, 0.3) is 5.69 Å². The average Bonchev–Trinajstić information content (AvgIpc) is 2.30. The summed E-state index contributed by atoms with van der Waals surface area (Å²) in [5.74, 6) is -0.640. The Balaban J connectivity index is 3.35. The van der Waals surface area contributed by atoms with E-state index in [1.807, 2.05) is 0 Å². The molecule has 1 rings (SSSR count). The van der Waals surface area contributed by atoms with Crippen molar-refractivity contribution in [1.82, 2.24) is 0 Å². The molecule has 0 saturated carbocycles. The minimum atomic E-state index is -0.813. The second-order valence-corrected chi connectivity index (χ2v) is 3.09. The van der Waals surface area contributed by atoms with Crippen LogP contribution in [0.15, 0.2) is 12.1 Å². The Labute approximate surface area is 97.3 Å². The fourth-order valence-corrected chi connectivity index (χ4v) is 1.29. The molecule has 17 heavy (non-hydrogen) atoms. The molecule has 0 fully saturated rings. The quantitative estimate of drug-likeness (QED) is 0.368. The summed E-state index contributed by atoms with van der Waals surface area (Å²) in [4.78, 5) is 21.5. The van der Waals surface area contributed by atoms with Gasteiger partial charge in [-0.1, -0.05) is 0 Å². The van der Waals surface area contributed by atoms with E-state index >= 15 is 0 Å². The minimum absolute atomic E-state index is 0.151. The number of nitro benzene ring substituents is 1. The summed E-state index contributed by atoms with van der Waals surface area (Å²) in [6, 6.07) is 2.29. The van der Waals surface area contributed by atoms with E-state index < -0.39 is 16.6 Å². The van der Waals surface area contributed by atoms with E-state index in [4.69, 9.17) is 10.5 Å². The Hall–Kier alpha value is -2.31. The zero-order valence-electron chi connectivity index (χ0n) is 9.43. The van der Waals surface area contributed by atoms with Crippen molar-refractivity contribution >= 4 is 17.3 Å². The molecule has 0 aliphatic carbocycles. The molecule has 0 atom stereocenters. The fourth-order valence-electron chi connectivity index (χ4n) is 1.29. The Bertz CT molecular complexity index is 458. The number of ether oxygens (including phenoxy) is 2. The van der Waals surface area contributed by atoms with Crippen LogP contribution in [0.5, 0.6) is 5.75 Å². The maximum atomic E-state index is 11.3. The standard InChI is InChI=1S/C10H12N2O5/c1-3-17-9-5-8(12(14)15)6(4-7(9)11)10(13)16-2/h4-5H,3,11H2,1-2H3. The number of esters is 1. The number of anilines is 1. The van der Waals surface area contributed by atoms with Crippen molar-refractivity contribution in [3.63, 3.8) is 0 Å². The molecule has 0 amide bonds. The summed E-state index contributed by atoms with van der Waals surface area (Å²) in [6.45, 7) is 2.04. The van der Waals surface area contributed by atoms with Crippen LogP contribution in [0.25, 0.3) is 0 Å². The molecule has 0 aliphatic rings. The number of nitro groups is 1. The second kappa shape index (κ2) is 5.15. The highest BCUT2D eigenvalue weighted by atomic mass is 16.6. The van der Waals surface area contributed by atoms with Crippen LogP contribution in [0.3, 0.4) is 0 Å². The average molecular weight is 240 g/mol. The zero-order valence-corrected chi connectivity index (χ0v) is 9.43. The number of hydrogen-bond acceptors (Lipinski definition) is 6. The number of carbonyl (C=O) groups is 1. The van der Waals surface area contributed by atoms with Crippen molar-refractivity contribution < 1.29 is 19.2 Å². The SMILES string of the molecule is CCOc1cc([N+](=O)[O-])c(C(=O)OC)cc1N. The van der Waals surface area contributed by atoms with Crippen LogP contribution < -0.4 is 10.5 Å². The van der Waals surface area contributed by atoms with Crippen LogP contribution in [0.1, 0.15) is 17.3 Å². The number of nitrogens with zero attached hydrogens (tertiary/aromatic N) is 1. The molecular weight excluding hydrogens is 228 g/mol. The number of carbonyl (C=O) groups excluding carboxylic acids is 1. The Kier molecular flexibility index (Phi) is 3.86. The first kappa shape index (κ1) is 12.8. The lowest BCUT2D eigenvalue weighted by atomic mass is 10.1. The van der Waals surface area contributed by atoms with Crippen molar-refractivity contribution in [3.05, 3.63) is 27.8 Å². The first-order valence-corrected chi connectivity index (χ1v) is 4.80. The number of hydrogen-bond donors (Lipinski definition) is 1. The lowest BCUT2D eigenvalue weighted by molar-refractivity contribution is -0.385. The third-order valence-corrected chi connectivity index (χ3v) is 2.03. The number of nitrogens with two attached hydrogens (primary N) is 1. The van der Waals surface area contributed by atoms with Gasteiger partial charge in [0, 0.05) is 0 Å². The molecule has 0 saturated heterocycles. The lowest BCUT2D eigenvalue weighted by Crippen LogP contribution is -2.08. The molecule has 2 N–H and O–H groups in total. The molecule has 0 unspecified atom stereocenters. The van der Waals surface area contributed by atoms with Gasteiger partial charge in [0.2, 0.25) is 0 Å². The van der Waals surface area contributed by atoms with Crippen molar-refractivity contribution in [2.75, 3.05) is 19.5 Å². The summed E-state index contributed by atoms with van der Waals surface area (Å²) in [5.41, 5.74) is 5.17. The smallest absolute Gasteiger partial charge is 0.344 e. The van der Waals surface area contributed by atoms with E-state index in [0.717, 1.165) is 13.2 Å². The normalized spacial score (nSPS) is 9.76. The molecular formula is C10H12N2O5. The molecule has 0 bridgehead atoms. The molecule has 1 aromatic carbocycles.